The summed E-state index contributed by atoms with van der Waals surface area (Å²) in [7, 11) is 1.33. The highest BCUT2D eigenvalue weighted by Gasteiger charge is 2.12. The second-order valence-electron chi connectivity index (χ2n) is 6.26. The normalized spacial score (nSPS) is 11.8. The third kappa shape index (κ3) is 4.46. The highest BCUT2D eigenvalue weighted by Crippen LogP contribution is 2.22. The number of methoxy groups -OCH3 is 1. The van der Waals surface area contributed by atoms with Crippen LogP contribution in [0.4, 0.5) is 0 Å². The van der Waals surface area contributed by atoms with Gasteiger partial charge in [0, 0.05) is 5.02 Å². The van der Waals surface area contributed by atoms with Gasteiger partial charge in [-0.15, -0.1) is 0 Å². The largest absolute Gasteiger partial charge is 0.468 e. The molecule has 0 N–H and O–H groups in total. The van der Waals surface area contributed by atoms with E-state index in [2.05, 4.69) is 4.99 Å². The molecule has 5 nitrogen and oxygen atoms in total. The number of amides is 1. The van der Waals surface area contributed by atoms with Crippen molar-refractivity contribution in [2.45, 2.75) is 26.8 Å². The van der Waals surface area contributed by atoms with Gasteiger partial charge in [0.15, 0.2) is 4.80 Å². The molecule has 1 aromatic heterocycles. The van der Waals surface area contributed by atoms with Gasteiger partial charge in [-0.2, -0.15) is 4.99 Å². The molecule has 0 fully saturated rings. The average Bonchev–Trinajstić information content (AvgIpc) is 2.94. The van der Waals surface area contributed by atoms with Gasteiger partial charge < -0.3 is 9.30 Å². The number of hydrogen-bond donors (Lipinski definition) is 0. The van der Waals surface area contributed by atoms with Crippen LogP contribution in [-0.2, 0) is 27.3 Å². The van der Waals surface area contributed by atoms with Crippen molar-refractivity contribution >= 4 is 45.0 Å². The zero-order valence-electron chi connectivity index (χ0n) is 15.3. The molecule has 7 heteroatoms. The van der Waals surface area contributed by atoms with E-state index in [1.54, 1.807) is 16.7 Å². The van der Waals surface area contributed by atoms with Crippen LogP contribution in [0, 0.1) is 13.8 Å². The van der Waals surface area contributed by atoms with Crippen molar-refractivity contribution in [3.8, 4) is 0 Å². The number of hydrogen-bond acceptors (Lipinski definition) is 4. The van der Waals surface area contributed by atoms with Crippen LogP contribution in [0.2, 0.25) is 5.02 Å². The number of rotatable bonds is 4. The van der Waals surface area contributed by atoms with Gasteiger partial charge >= 0.3 is 5.97 Å². The van der Waals surface area contributed by atoms with Crippen LogP contribution in [0.1, 0.15) is 16.7 Å². The molecule has 0 aliphatic carbocycles. The Balaban J connectivity index is 2.00. The molecule has 2 aromatic carbocycles. The van der Waals surface area contributed by atoms with E-state index < -0.39 is 5.97 Å². The predicted octanol–water partition coefficient (Wildman–Crippen LogP) is 3.82. The Morgan fingerprint density at radius 3 is 2.63 bits per heavy atom. The van der Waals surface area contributed by atoms with Crippen LogP contribution in [-0.4, -0.2) is 23.6 Å². The lowest BCUT2D eigenvalue weighted by Gasteiger charge is -2.04. The van der Waals surface area contributed by atoms with Crippen LogP contribution >= 0.6 is 22.9 Å². The smallest absolute Gasteiger partial charge is 0.325 e. The number of halogens is 1. The third-order valence-corrected chi connectivity index (χ3v) is 5.58. The molecule has 27 heavy (non-hydrogen) atoms. The van der Waals surface area contributed by atoms with E-state index in [0.29, 0.717) is 9.82 Å². The van der Waals surface area contributed by atoms with Crippen molar-refractivity contribution in [1.29, 1.82) is 0 Å². The Labute approximate surface area is 165 Å². The van der Waals surface area contributed by atoms with Crippen LogP contribution < -0.4 is 4.80 Å². The molecule has 0 aliphatic heterocycles. The average molecular weight is 403 g/mol. The van der Waals surface area contributed by atoms with E-state index in [0.717, 1.165) is 21.3 Å². The Bertz CT molecular complexity index is 1100. The first-order valence-corrected chi connectivity index (χ1v) is 9.56. The third-order valence-electron chi connectivity index (χ3n) is 4.31. The van der Waals surface area contributed by atoms with Gasteiger partial charge in [-0.25, -0.2) is 0 Å². The Morgan fingerprint density at radius 1 is 1.15 bits per heavy atom. The Kier molecular flexibility index (Phi) is 5.77. The number of fused-ring (bicyclic) bond motifs is 1. The number of carbonyl (C=O) groups is 2. The number of benzene rings is 2. The second-order valence-corrected chi connectivity index (χ2v) is 7.71. The zero-order chi connectivity index (χ0) is 19.6. The van der Waals surface area contributed by atoms with Crippen molar-refractivity contribution in [3.05, 3.63) is 62.9 Å². The van der Waals surface area contributed by atoms with Crippen molar-refractivity contribution in [1.82, 2.24) is 4.57 Å². The number of aryl methyl sites for hydroxylation is 2. The molecule has 0 unspecified atom stereocenters. The Hall–Kier alpha value is -2.44. The molecule has 0 bridgehead atoms. The first-order chi connectivity index (χ1) is 12.9. The summed E-state index contributed by atoms with van der Waals surface area (Å²) in [5.74, 6) is -0.678. The topological polar surface area (TPSA) is 60.7 Å². The van der Waals surface area contributed by atoms with E-state index in [4.69, 9.17) is 16.3 Å². The SMILES string of the molecule is COC(=O)Cn1c(=NC(=O)Cc2ccc(C)c(C)c2)sc2cc(Cl)ccc21. The monoisotopic (exact) mass is 402 g/mol. The minimum atomic E-state index is -0.410. The fourth-order valence-electron chi connectivity index (χ4n) is 2.71. The van der Waals surface area contributed by atoms with E-state index in [9.17, 15) is 9.59 Å². The number of carbonyl (C=O) groups excluding carboxylic acids is 2. The summed E-state index contributed by atoms with van der Waals surface area (Å²) in [5.41, 5.74) is 4.01. The molecule has 0 saturated heterocycles. The molecule has 0 aliphatic rings. The zero-order valence-corrected chi connectivity index (χ0v) is 16.9. The minimum Gasteiger partial charge on any atom is -0.468 e. The summed E-state index contributed by atoms with van der Waals surface area (Å²) in [6.07, 6.45) is 0.203. The van der Waals surface area contributed by atoms with Gasteiger partial charge in [0.2, 0.25) is 0 Å². The van der Waals surface area contributed by atoms with Gasteiger partial charge in [0.1, 0.15) is 6.54 Å². The lowest BCUT2D eigenvalue weighted by Crippen LogP contribution is -2.22. The van der Waals surface area contributed by atoms with E-state index >= 15 is 0 Å². The van der Waals surface area contributed by atoms with Crippen LogP contribution in [0.3, 0.4) is 0 Å². The highest BCUT2D eigenvalue weighted by molar-refractivity contribution is 7.16. The number of esters is 1. The summed E-state index contributed by atoms with van der Waals surface area (Å²) in [4.78, 5) is 29.0. The van der Waals surface area contributed by atoms with Gasteiger partial charge in [0.25, 0.3) is 5.91 Å². The van der Waals surface area contributed by atoms with Crippen LogP contribution in [0.15, 0.2) is 41.4 Å². The summed E-state index contributed by atoms with van der Waals surface area (Å²) >= 11 is 7.38. The molecule has 3 rings (SSSR count). The van der Waals surface area contributed by atoms with Crippen LogP contribution in [0.25, 0.3) is 10.2 Å². The molecule has 140 valence electrons. The maximum absolute atomic E-state index is 12.5. The molecular formula is C20H19ClN2O3S. The van der Waals surface area contributed by atoms with Crippen molar-refractivity contribution < 1.29 is 14.3 Å². The lowest BCUT2D eigenvalue weighted by atomic mass is 10.0. The summed E-state index contributed by atoms with van der Waals surface area (Å²) in [5, 5.41) is 0.585. The van der Waals surface area contributed by atoms with Gasteiger partial charge in [-0.05, 0) is 48.7 Å². The highest BCUT2D eigenvalue weighted by atomic mass is 35.5. The predicted molar refractivity (Wildman–Crippen MR) is 107 cm³/mol. The molecule has 1 heterocycles. The Morgan fingerprint density at radius 2 is 1.93 bits per heavy atom. The van der Waals surface area contributed by atoms with Crippen molar-refractivity contribution in [2.75, 3.05) is 7.11 Å². The van der Waals surface area contributed by atoms with Crippen molar-refractivity contribution in [2.24, 2.45) is 4.99 Å². The van der Waals surface area contributed by atoms with E-state index in [1.807, 2.05) is 38.1 Å². The molecular weight excluding hydrogens is 384 g/mol. The molecule has 3 aromatic rings. The fraction of sp³-hybridized carbons (Fsp3) is 0.250. The number of thiazole rings is 1. The first kappa shape index (κ1) is 19.3. The van der Waals surface area contributed by atoms with Gasteiger partial charge in [-0.3, -0.25) is 9.59 Å². The molecule has 0 atom stereocenters. The minimum absolute atomic E-state index is 0.0200. The maximum atomic E-state index is 12.5. The lowest BCUT2D eigenvalue weighted by molar-refractivity contribution is -0.141. The second kappa shape index (κ2) is 8.06. The van der Waals surface area contributed by atoms with Crippen molar-refractivity contribution in [3.63, 3.8) is 0 Å². The van der Waals surface area contributed by atoms with Gasteiger partial charge in [0.05, 0.1) is 23.7 Å². The molecule has 0 spiro atoms. The van der Waals surface area contributed by atoms with Gasteiger partial charge in [-0.1, -0.05) is 41.1 Å². The summed E-state index contributed by atoms with van der Waals surface area (Å²) < 4.78 is 7.30. The molecule has 0 radical (unpaired) electrons. The number of ether oxygens (including phenoxy) is 1. The maximum Gasteiger partial charge on any atom is 0.325 e. The summed E-state index contributed by atoms with van der Waals surface area (Å²) in [6.45, 7) is 4.03. The number of nitrogens with zero attached hydrogens (tertiary/aromatic N) is 2. The standard InChI is InChI=1S/C20H19ClN2O3S/c1-12-4-5-14(8-13(12)2)9-18(24)22-20-23(11-19(25)26-3)16-7-6-15(21)10-17(16)27-20/h4-8,10H,9,11H2,1-3H3. The van der Waals surface area contributed by atoms with Crippen LogP contribution in [0.5, 0.6) is 0 Å². The van der Waals surface area contributed by atoms with E-state index in [-0.39, 0.29) is 18.9 Å². The quantitative estimate of drug-likeness (QED) is 0.623. The molecule has 0 saturated carbocycles. The first-order valence-electron chi connectivity index (χ1n) is 8.37. The molecule has 1 amide bonds. The fourth-order valence-corrected chi connectivity index (χ4v) is 4.04. The summed E-state index contributed by atoms with van der Waals surface area (Å²) in [6, 6.07) is 11.3. The van der Waals surface area contributed by atoms with E-state index in [1.165, 1.54) is 24.0 Å². The number of aromatic nitrogens is 1.